The summed E-state index contributed by atoms with van der Waals surface area (Å²) in [6.45, 7) is 0.654. The molecular weight excluding hydrogens is 559 g/mol. The molecule has 1 fully saturated rings. The number of imidazole rings is 1. The molecule has 0 spiro atoms. The van der Waals surface area contributed by atoms with Gasteiger partial charge in [-0.05, 0) is 18.6 Å². The summed E-state index contributed by atoms with van der Waals surface area (Å²) < 4.78 is 20.3. The van der Waals surface area contributed by atoms with Crippen molar-refractivity contribution in [2.24, 2.45) is 12.2 Å². The van der Waals surface area contributed by atoms with Gasteiger partial charge in [-0.1, -0.05) is 22.6 Å². The summed E-state index contributed by atoms with van der Waals surface area (Å²) in [5.74, 6) is -2.99. The van der Waals surface area contributed by atoms with Crippen LogP contribution in [0, 0.1) is 6.92 Å². The molecule has 2 aliphatic rings. The van der Waals surface area contributed by atoms with E-state index in [-0.39, 0.29) is 22.4 Å². The number of carbonyl (C=O) groups is 3. The first-order valence-electron chi connectivity index (χ1n) is 10.9. The van der Waals surface area contributed by atoms with E-state index < -0.39 is 41.8 Å². The van der Waals surface area contributed by atoms with E-state index in [0.717, 1.165) is 31.8 Å². The molecule has 3 aromatic rings. The number of allylic oxidation sites excluding steroid dienone is 1. The summed E-state index contributed by atoms with van der Waals surface area (Å²) in [5, 5.41) is 17.3. The van der Waals surface area contributed by atoms with Gasteiger partial charge in [0.05, 0.1) is 23.6 Å². The van der Waals surface area contributed by atoms with Gasteiger partial charge in [-0.2, -0.15) is 13.8 Å². The number of thiazole rings is 1. The molecule has 13 nitrogen and oxygen atoms in total. The Morgan fingerprint density at radius 2 is 2.24 bits per heavy atom. The van der Waals surface area contributed by atoms with E-state index in [2.05, 4.69) is 24.7 Å². The second-order valence-electron chi connectivity index (χ2n) is 8.16. The quantitative estimate of drug-likeness (QED) is 0.152. The summed E-state index contributed by atoms with van der Waals surface area (Å²) in [6, 6.07) is -1.07. The predicted molar refractivity (Wildman–Crippen MR) is 135 cm³/mol. The number of thioether (sulfide) groups is 1. The number of alkyl halides is 1. The lowest BCUT2D eigenvalue weighted by Gasteiger charge is -2.50. The highest BCUT2D eigenvalue weighted by molar-refractivity contribution is 8.00. The number of amides is 2. The number of nitrogens with zero attached hydrogens (tertiary/aromatic N) is 6. The van der Waals surface area contributed by atoms with Gasteiger partial charge in [0.15, 0.2) is 5.13 Å². The largest absolute Gasteiger partial charge is 0.543 e. The molecule has 0 aromatic carbocycles. The zero-order valence-electron chi connectivity index (χ0n) is 19.8. The average Bonchev–Trinajstić information content (AvgIpc) is 3.55. The van der Waals surface area contributed by atoms with Crippen molar-refractivity contribution < 1.29 is 33.1 Å². The molecule has 17 heteroatoms. The van der Waals surface area contributed by atoms with Crippen LogP contribution < -0.4 is 20.6 Å². The lowest BCUT2D eigenvalue weighted by molar-refractivity contribution is -0.515. The monoisotopic (exact) mass is 578 g/mol. The fourth-order valence-electron chi connectivity index (χ4n) is 4.05. The van der Waals surface area contributed by atoms with E-state index in [9.17, 15) is 23.9 Å². The first-order chi connectivity index (χ1) is 18.2. The van der Waals surface area contributed by atoms with Crippen LogP contribution in [0.4, 0.5) is 9.52 Å². The van der Waals surface area contributed by atoms with E-state index in [1.807, 2.05) is 41.5 Å². The Kier molecular flexibility index (Phi) is 6.89. The molecule has 0 bridgehead atoms. The third-order valence-electron chi connectivity index (χ3n) is 5.77. The number of carboxylic acids is 1. The Labute approximate surface area is 226 Å². The van der Waals surface area contributed by atoms with Gasteiger partial charge in [-0.15, -0.1) is 11.8 Å². The fraction of sp³-hybridized carbons (Fsp3) is 0.286. The summed E-state index contributed by atoms with van der Waals surface area (Å²) in [4.78, 5) is 49.1. The van der Waals surface area contributed by atoms with E-state index in [1.54, 1.807) is 17.4 Å². The Bertz CT molecular complexity index is 1560. The Balaban J connectivity index is 1.36. The van der Waals surface area contributed by atoms with E-state index in [1.165, 1.54) is 11.8 Å². The molecule has 2 amide bonds. The van der Waals surface area contributed by atoms with Gasteiger partial charge in [0.1, 0.15) is 23.3 Å². The van der Waals surface area contributed by atoms with Gasteiger partial charge in [0.25, 0.3) is 18.7 Å². The maximum Gasteiger partial charge on any atom is 0.278 e. The number of hydrogen-bond acceptors (Lipinski definition) is 12. The van der Waals surface area contributed by atoms with Crippen molar-refractivity contribution in [3.8, 4) is 0 Å². The van der Waals surface area contributed by atoms with Gasteiger partial charge in [-0.3, -0.25) is 14.5 Å². The third kappa shape index (κ3) is 4.52. The lowest BCUT2D eigenvalue weighted by atomic mass is 10.0. The van der Waals surface area contributed by atoms with Crippen molar-refractivity contribution in [1.82, 2.24) is 24.1 Å². The molecule has 198 valence electrons. The molecule has 0 aliphatic carbocycles. The van der Waals surface area contributed by atoms with Gasteiger partial charge < -0.3 is 25.8 Å². The minimum atomic E-state index is -1.50. The van der Waals surface area contributed by atoms with Crippen LogP contribution in [0.25, 0.3) is 10.9 Å². The molecule has 2 atom stereocenters. The van der Waals surface area contributed by atoms with Crippen LogP contribution in [0.1, 0.15) is 16.4 Å². The van der Waals surface area contributed by atoms with Crippen molar-refractivity contribution in [2.45, 2.75) is 18.3 Å². The van der Waals surface area contributed by atoms with Gasteiger partial charge in [-0.25, -0.2) is 8.96 Å². The van der Waals surface area contributed by atoms with Crippen LogP contribution in [0.3, 0.4) is 0 Å². The van der Waals surface area contributed by atoms with Gasteiger partial charge in [0, 0.05) is 17.3 Å². The number of nitrogen functional groups attached to an aromatic ring is 1. The minimum absolute atomic E-state index is 0.0448. The highest BCUT2D eigenvalue weighted by Gasteiger charge is 2.53. The van der Waals surface area contributed by atoms with Crippen molar-refractivity contribution in [1.29, 1.82) is 0 Å². The van der Waals surface area contributed by atoms with Crippen molar-refractivity contribution >= 4 is 74.2 Å². The molecular formula is C21H19FN8O5S3. The van der Waals surface area contributed by atoms with Crippen LogP contribution in [0.5, 0.6) is 0 Å². The number of aliphatic carboxylic acids is 1. The molecule has 38 heavy (non-hydrogen) atoms. The van der Waals surface area contributed by atoms with Crippen molar-refractivity contribution in [3.63, 3.8) is 0 Å². The minimum Gasteiger partial charge on any atom is -0.543 e. The number of carboxylic acid groups (broad SMARTS) is 1. The summed E-state index contributed by atoms with van der Waals surface area (Å²) in [5.41, 5.74) is 6.22. The van der Waals surface area contributed by atoms with Crippen molar-refractivity contribution in [3.05, 3.63) is 46.3 Å². The first-order valence-corrected chi connectivity index (χ1v) is 13.5. The maximum absolute atomic E-state index is 13.0. The summed E-state index contributed by atoms with van der Waals surface area (Å²) >= 11 is 3.62. The van der Waals surface area contributed by atoms with E-state index in [4.69, 9.17) is 5.73 Å². The number of β-lactam (4-membered cyclic amide) rings is 1. The summed E-state index contributed by atoms with van der Waals surface area (Å²) in [7, 11) is 1.93. The third-order valence-corrected chi connectivity index (χ3v) is 8.78. The number of halogens is 1. The highest BCUT2D eigenvalue weighted by Crippen LogP contribution is 2.40. The second-order valence-corrected chi connectivity index (χ2v) is 11.1. The number of nitrogens with two attached hydrogens (primary N) is 1. The second kappa shape index (κ2) is 10.1. The van der Waals surface area contributed by atoms with Crippen LogP contribution in [0.2, 0.25) is 0 Å². The number of rotatable bonds is 8. The zero-order chi connectivity index (χ0) is 27.1. The normalized spacial score (nSPS) is 19.7. The fourth-order valence-corrected chi connectivity index (χ4v) is 6.91. The van der Waals surface area contributed by atoms with E-state index >= 15 is 0 Å². The molecule has 5 rings (SSSR count). The molecule has 0 radical (unpaired) electrons. The number of aromatic nitrogens is 4. The Hall–Kier alpha value is -3.83. The maximum atomic E-state index is 13.0. The molecule has 1 saturated heterocycles. The van der Waals surface area contributed by atoms with E-state index in [0.29, 0.717) is 5.57 Å². The van der Waals surface area contributed by atoms with Crippen molar-refractivity contribution in [2.75, 3.05) is 18.3 Å². The molecule has 5 heterocycles. The molecule has 0 unspecified atom stereocenters. The summed E-state index contributed by atoms with van der Waals surface area (Å²) in [6.07, 6.45) is 7.41. The van der Waals surface area contributed by atoms with Crippen LogP contribution >= 0.6 is 34.6 Å². The number of hydrogen-bond donors (Lipinski definition) is 2. The number of nitrogens with one attached hydrogen (secondary N) is 1. The SMILES string of the molecule is Cc1c(/C=C/C2=C(C(=O)[O-])N3C(=O)[C@@H](NC(=O)/C(=N\OCF)c4nsc(N)n4)[C@H]3SC2)sc2cn(C)c[n+]12. The van der Waals surface area contributed by atoms with Crippen LogP contribution in [-0.2, 0) is 26.3 Å². The highest BCUT2D eigenvalue weighted by atomic mass is 32.2. The smallest absolute Gasteiger partial charge is 0.278 e. The van der Waals surface area contributed by atoms with Gasteiger partial charge in [0.2, 0.25) is 22.7 Å². The standard InChI is InChI=1S/C21H19FN8O5S3/c1-9-11(37-12-5-28(2)8-29(9)12)4-3-10-6-36-19-14(18(32)30(19)15(10)20(33)34)24-17(31)13(26-35-7-22)16-25-21(23)38-27-16/h3-5,8,14,19H,6-7H2,1-2H3,(H3-,23,24,25,27,31,33,34)/b4-3+,26-13-/t14-,19-/m1/s1. The number of fused-ring (bicyclic) bond motifs is 2. The number of anilines is 1. The van der Waals surface area contributed by atoms with Gasteiger partial charge >= 0.3 is 0 Å². The Morgan fingerprint density at radius 3 is 2.89 bits per heavy atom. The lowest BCUT2D eigenvalue weighted by Crippen LogP contribution is -2.71. The van der Waals surface area contributed by atoms with Crippen LogP contribution in [-0.4, -0.2) is 66.3 Å². The molecule has 3 aromatic heterocycles. The molecule has 2 aliphatic heterocycles. The number of aryl methyl sites for hydroxylation is 2. The topological polar surface area (TPSA) is 172 Å². The molecule has 3 N–H and O–H groups in total. The zero-order valence-corrected chi connectivity index (χ0v) is 22.2. The first kappa shape index (κ1) is 25.8. The Morgan fingerprint density at radius 1 is 1.45 bits per heavy atom. The van der Waals surface area contributed by atoms with Crippen LogP contribution in [0.15, 0.2) is 35.0 Å². The predicted octanol–water partition coefficient (Wildman–Crippen LogP) is -0.668. The average molecular weight is 579 g/mol. The molecule has 0 saturated carbocycles. The number of oxime groups is 1. The number of carbonyl (C=O) groups excluding carboxylic acids is 3.